The van der Waals surface area contributed by atoms with Crippen LogP contribution in [-0.2, 0) is 13.5 Å². The first-order chi connectivity index (χ1) is 14.5. The van der Waals surface area contributed by atoms with Gasteiger partial charge in [0, 0.05) is 23.6 Å². The molecule has 1 aromatic heterocycles. The number of nitrogens with one attached hydrogen (secondary N) is 1. The van der Waals surface area contributed by atoms with Crippen LogP contribution in [0.25, 0.3) is 10.9 Å². The lowest BCUT2D eigenvalue weighted by molar-refractivity contribution is 0.843. The zero-order valence-corrected chi connectivity index (χ0v) is 17.1. The van der Waals surface area contributed by atoms with Gasteiger partial charge in [-0.3, -0.25) is 14.3 Å². The van der Waals surface area contributed by atoms with E-state index in [0.717, 1.165) is 23.1 Å². The Morgan fingerprint density at radius 1 is 1.00 bits per heavy atom. The fraction of sp³-hybridized carbons (Fsp3) is 0.120. The number of fused-ring (bicyclic) bond motifs is 1. The van der Waals surface area contributed by atoms with Gasteiger partial charge in [0.15, 0.2) is 0 Å². The van der Waals surface area contributed by atoms with Crippen molar-refractivity contribution in [2.24, 2.45) is 7.05 Å². The minimum atomic E-state index is -0.433. The second-order valence-corrected chi connectivity index (χ2v) is 7.55. The first-order valence-electron chi connectivity index (χ1n) is 9.55. The third-order valence-corrected chi connectivity index (χ3v) is 5.28. The predicted octanol–water partition coefficient (Wildman–Crippen LogP) is 4.26. The van der Waals surface area contributed by atoms with Crippen LogP contribution in [0, 0.1) is 11.8 Å². The van der Waals surface area contributed by atoms with E-state index in [9.17, 15) is 9.59 Å². The summed E-state index contributed by atoms with van der Waals surface area (Å²) in [4.78, 5) is 26.3. The largest absolute Gasteiger partial charge is 0.328 e. The minimum Gasteiger partial charge on any atom is -0.296 e. The fourth-order valence-electron chi connectivity index (χ4n) is 3.45. The molecule has 148 valence electrons. The highest BCUT2D eigenvalue weighted by molar-refractivity contribution is 6.30. The number of halogens is 1. The number of H-pyrrole nitrogens is 1. The number of nitrogens with zero attached hydrogens (tertiary/aromatic N) is 1. The summed E-state index contributed by atoms with van der Waals surface area (Å²) >= 11 is 6.15. The van der Waals surface area contributed by atoms with Gasteiger partial charge < -0.3 is 0 Å². The standard InChI is InChI=1S/C25H19ClN2O2/c1-28-23-13-11-17(16-22(23)24(29)27-25(28)30)10-12-20(19-7-3-2-4-8-19)14-18-6-5-9-21(26)15-18/h2-9,11,13,15-16,20H,14H2,1H3,(H,27,29,30). The van der Waals surface area contributed by atoms with Gasteiger partial charge in [0.25, 0.3) is 5.56 Å². The van der Waals surface area contributed by atoms with E-state index in [1.54, 1.807) is 19.2 Å². The average Bonchev–Trinajstić information content (AvgIpc) is 2.75. The smallest absolute Gasteiger partial charge is 0.296 e. The molecule has 0 aliphatic heterocycles. The van der Waals surface area contributed by atoms with Gasteiger partial charge in [-0.25, -0.2) is 4.79 Å². The highest BCUT2D eigenvalue weighted by atomic mass is 35.5. The molecule has 4 rings (SSSR count). The van der Waals surface area contributed by atoms with Gasteiger partial charge >= 0.3 is 5.69 Å². The Labute approximate surface area is 178 Å². The Morgan fingerprint density at radius 2 is 1.80 bits per heavy atom. The van der Waals surface area contributed by atoms with E-state index in [2.05, 4.69) is 29.0 Å². The number of hydrogen-bond acceptors (Lipinski definition) is 2. The van der Waals surface area contributed by atoms with Crippen molar-refractivity contribution >= 4 is 22.5 Å². The lowest BCUT2D eigenvalue weighted by Gasteiger charge is -2.12. The Bertz CT molecular complexity index is 1390. The summed E-state index contributed by atoms with van der Waals surface area (Å²) in [6, 6.07) is 23.2. The summed E-state index contributed by atoms with van der Waals surface area (Å²) in [7, 11) is 1.63. The first-order valence-corrected chi connectivity index (χ1v) is 9.93. The molecule has 0 aliphatic rings. The molecule has 1 heterocycles. The number of hydrogen-bond donors (Lipinski definition) is 1. The van der Waals surface area contributed by atoms with E-state index < -0.39 is 11.2 Å². The first kappa shape index (κ1) is 19.8. The highest BCUT2D eigenvalue weighted by Crippen LogP contribution is 2.22. The van der Waals surface area contributed by atoms with Gasteiger partial charge in [-0.1, -0.05) is 65.9 Å². The molecule has 1 N–H and O–H groups in total. The normalized spacial score (nSPS) is 11.7. The van der Waals surface area contributed by atoms with Gasteiger partial charge in [0.2, 0.25) is 0 Å². The molecule has 0 spiro atoms. The van der Waals surface area contributed by atoms with Crippen LogP contribution in [0.2, 0.25) is 5.02 Å². The summed E-state index contributed by atoms with van der Waals surface area (Å²) < 4.78 is 1.42. The van der Waals surface area contributed by atoms with Gasteiger partial charge in [0.1, 0.15) is 0 Å². The van der Waals surface area contributed by atoms with Crippen molar-refractivity contribution in [2.75, 3.05) is 0 Å². The molecule has 0 radical (unpaired) electrons. The molecule has 0 saturated heterocycles. The number of aromatic amines is 1. The van der Waals surface area contributed by atoms with Gasteiger partial charge in [-0.15, -0.1) is 0 Å². The second-order valence-electron chi connectivity index (χ2n) is 7.12. The molecule has 0 bridgehead atoms. The molecule has 0 saturated carbocycles. The molecule has 4 nitrogen and oxygen atoms in total. The van der Waals surface area contributed by atoms with E-state index in [-0.39, 0.29) is 5.92 Å². The molecule has 0 amide bonds. The van der Waals surface area contributed by atoms with Crippen LogP contribution in [0.1, 0.15) is 22.6 Å². The SMILES string of the molecule is Cn1c(=O)[nH]c(=O)c2cc(C#CC(Cc3cccc(Cl)c3)c3ccccc3)ccc21. The molecule has 30 heavy (non-hydrogen) atoms. The third kappa shape index (κ3) is 4.22. The summed E-state index contributed by atoms with van der Waals surface area (Å²) in [5, 5.41) is 1.14. The van der Waals surface area contributed by atoms with Crippen molar-refractivity contribution in [1.82, 2.24) is 9.55 Å². The van der Waals surface area contributed by atoms with Crippen molar-refractivity contribution in [3.63, 3.8) is 0 Å². The Hall–Kier alpha value is -3.55. The van der Waals surface area contributed by atoms with Crippen molar-refractivity contribution in [3.8, 4) is 11.8 Å². The Morgan fingerprint density at radius 3 is 2.57 bits per heavy atom. The van der Waals surface area contributed by atoms with Crippen molar-refractivity contribution in [3.05, 3.63) is 115 Å². The maximum Gasteiger partial charge on any atom is 0.328 e. The highest BCUT2D eigenvalue weighted by Gasteiger charge is 2.10. The third-order valence-electron chi connectivity index (χ3n) is 5.05. The van der Waals surface area contributed by atoms with Crippen LogP contribution in [0.4, 0.5) is 0 Å². The van der Waals surface area contributed by atoms with Crippen molar-refractivity contribution in [1.29, 1.82) is 0 Å². The molecule has 4 aromatic rings. The fourth-order valence-corrected chi connectivity index (χ4v) is 3.67. The molecular formula is C25H19ClN2O2. The van der Waals surface area contributed by atoms with Crippen molar-refractivity contribution < 1.29 is 0 Å². The summed E-state index contributed by atoms with van der Waals surface area (Å²) in [5.74, 6) is 6.54. The molecule has 1 unspecified atom stereocenters. The van der Waals surface area contributed by atoms with Crippen LogP contribution in [0.3, 0.4) is 0 Å². The van der Waals surface area contributed by atoms with E-state index >= 15 is 0 Å². The van der Waals surface area contributed by atoms with E-state index in [1.807, 2.05) is 48.5 Å². The summed E-state index contributed by atoms with van der Waals surface area (Å²) in [6.07, 6.45) is 0.722. The monoisotopic (exact) mass is 414 g/mol. The number of rotatable bonds is 3. The Kier molecular flexibility index (Phi) is 5.56. The van der Waals surface area contributed by atoms with Crippen LogP contribution < -0.4 is 11.2 Å². The van der Waals surface area contributed by atoms with E-state index in [0.29, 0.717) is 15.9 Å². The van der Waals surface area contributed by atoms with Gasteiger partial charge in [0.05, 0.1) is 10.9 Å². The van der Waals surface area contributed by atoms with E-state index in [4.69, 9.17) is 11.6 Å². The number of aromatic nitrogens is 2. The minimum absolute atomic E-state index is 0.0289. The maximum atomic E-state index is 12.2. The van der Waals surface area contributed by atoms with Gasteiger partial charge in [-0.05, 0) is 47.9 Å². The lowest BCUT2D eigenvalue weighted by Crippen LogP contribution is -2.28. The second kappa shape index (κ2) is 8.44. The molecule has 5 heteroatoms. The van der Waals surface area contributed by atoms with Gasteiger partial charge in [-0.2, -0.15) is 0 Å². The zero-order valence-electron chi connectivity index (χ0n) is 16.4. The topological polar surface area (TPSA) is 54.9 Å². The zero-order chi connectivity index (χ0) is 21.1. The summed E-state index contributed by atoms with van der Waals surface area (Å²) in [6.45, 7) is 0. The van der Waals surface area contributed by atoms with Crippen LogP contribution in [0.15, 0.2) is 82.4 Å². The molecule has 3 aromatic carbocycles. The van der Waals surface area contributed by atoms with E-state index in [1.165, 1.54) is 4.57 Å². The van der Waals surface area contributed by atoms with Crippen LogP contribution in [-0.4, -0.2) is 9.55 Å². The summed E-state index contributed by atoms with van der Waals surface area (Å²) in [5.41, 5.74) is 2.68. The van der Waals surface area contributed by atoms with Crippen molar-refractivity contribution in [2.45, 2.75) is 12.3 Å². The number of aryl methyl sites for hydroxylation is 1. The van der Waals surface area contributed by atoms with Crippen LogP contribution in [0.5, 0.6) is 0 Å². The Balaban J connectivity index is 1.74. The lowest BCUT2D eigenvalue weighted by atomic mass is 9.92. The molecular weight excluding hydrogens is 396 g/mol. The maximum absolute atomic E-state index is 12.2. The molecule has 1 atom stereocenters. The predicted molar refractivity (Wildman–Crippen MR) is 121 cm³/mol. The molecule has 0 fully saturated rings. The molecule has 0 aliphatic carbocycles. The quantitative estimate of drug-likeness (QED) is 0.509. The average molecular weight is 415 g/mol. The number of benzene rings is 3. The van der Waals surface area contributed by atoms with Crippen LogP contribution >= 0.6 is 11.6 Å².